The van der Waals surface area contributed by atoms with Crippen LogP contribution in [0.4, 0.5) is 0 Å². The predicted molar refractivity (Wildman–Crippen MR) is 74.1 cm³/mol. The van der Waals surface area contributed by atoms with Crippen LogP contribution in [0.5, 0.6) is 0 Å². The van der Waals surface area contributed by atoms with Gasteiger partial charge in [0.2, 0.25) is 0 Å². The second kappa shape index (κ2) is 7.53. The largest absolute Gasteiger partial charge is 0.463 e. The molecule has 0 unspecified atom stereocenters. The Balaban J connectivity index is 2.30. The van der Waals surface area contributed by atoms with E-state index < -0.39 is 5.97 Å². The third kappa shape index (κ3) is 4.78. The maximum absolute atomic E-state index is 11.4. The van der Waals surface area contributed by atoms with Gasteiger partial charge in [0, 0.05) is 11.6 Å². The molecule has 0 fully saturated rings. The highest BCUT2D eigenvalue weighted by atomic mass is 79.9. The molecule has 0 aromatic heterocycles. The van der Waals surface area contributed by atoms with Gasteiger partial charge < -0.3 is 9.47 Å². The number of rotatable bonds is 6. The van der Waals surface area contributed by atoms with Crippen molar-refractivity contribution in [3.63, 3.8) is 0 Å². The number of cyclic esters (lactones) is 1. The Morgan fingerprint density at radius 1 is 1.44 bits per heavy atom. The Labute approximate surface area is 122 Å². The van der Waals surface area contributed by atoms with Crippen LogP contribution in [-0.2, 0) is 19.1 Å². The third-order valence-electron chi connectivity index (χ3n) is 2.21. The molecule has 1 heterocycles. The van der Waals surface area contributed by atoms with Crippen LogP contribution in [0.15, 0.2) is 33.5 Å². The molecule has 0 saturated heterocycles. The topological polar surface area (TPSA) is 52.6 Å². The summed E-state index contributed by atoms with van der Waals surface area (Å²) in [5.41, 5.74) is 0.622. The summed E-state index contributed by atoms with van der Waals surface area (Å²) >= 11 is 6.36. The molecule has 98 valence electrons. The minimum absolute atomic E-state index is 0.329. The van der Waals surface area contributed by atoms with Crippen molar-refractivity contribution in [2.45, 2.75) is 19.3 Å². The summed E-state index contributed by atoms with van der Waals surface area (Å²) in [5, 5.41) is 0. The SMILES string of the molecule is C=CC(=O)OCCCCC1=CC(=C(Br)Br)OC1=O. The summed E-state index contributed by atoms with van der Waals surface area (Å²) in [4.78, 5) is 22.2. The molecule has 0 atom stereocenters. The van der Waals surface area contributed by atoms with E-state index in [2.05, 4.69) is 38.4 Å². The summed E-state index contributed by atoms with van der Waals surface area (Å²) in [6, 6.07) is 0. The molecule has 0 aromatic rings. The number of halogens is 2. The number of hydrogen-bond acceptors (Lipinski definition) is 4. The van der Waals surface area contributed by atoms with Gasteiger partial charge in [0.15, 0.2) is 5.76 Å². The first-order valence-corrected chi connectivity index (χ1v) is 6.90. The zero-order valence-electron chi connectivity index (χ0n) is 9.58. The smallest absolute Gasteiger partial charge is 0.339 e. The van der Waals surface area contributed by atoms with Crippen molar-refractivity contribution in [1.82, 2.24) is 0 Å². The monoisotopic (exact) mass is 378 g/mol. The fourth-order valence-electron chi connectivity index (χ4n) is 1.33. The van der Waals surface area contributed by atoms with Gasteiger partial charge in [0.25, 0.3) is 0 Å². The number of carbonyl (C=O) groups is 2. The van der Waals surface area contributed by atoms with Crippen LogP contribution < -0.4 is 0 Å². The highest BCUT2D eigenvalue weighted by Crippen LogP contribution is 2.29. The van der Waals surface area contributed by atoms with E-state index in [4.69, 9.17) is 9.47 Å². The van der Waals surface area contributed by atoms with Crippen molar-refractivity contribution < 1.29 is 19.1 Å². The molecule has 1 aliphatic heterocycles. The molecule has 0 spiro atoms. The molecule has 4 nitrogen and oxygen atoms in total. The Bertz CT molecular complexity index is 420. The molecular weight excluding hydrogens is 368 g/mol. The highest BCUT2D eigenvalue weighted by Gasteiger charge is 2.22. The number of esters is 2. The molecular formula is C12H12Br2O4. The summed E-state index contributed by atoms with van der Waals surface area (Å²) in [5.74, 6) is -0.277. The van der Waals surface area contributed by atoms with Gasteiger partial charge in [0.05, 0.1) is 6.61 Å². The van der Waals surface area contributed by atoms with Crippen molar-refractivity contribution in [3.05, 3.63) is 33.5 Å². The summed E-state index contributed by atoms with van der Waals surface area (Å²) in [7, 11) is 0. The van der Waals surface area contributed by atoms with E-state index in [0.29, 0.717) is 34.2 Å². The quantitative estimate of drug-likeness (QED) is 0.403. The van der Waals surface area contributed by atoms with E-state index in [9.17, 15) is 9.59 Å². The summed E-state index contributed by atoms with van der Waals surface area (Å²) < 4.78 is 10.4. The second-order valence-corrected chi connectivity index (χ2v) is 6.16. The third-order valence-corrected chi connectivity index (χ3v) is 2.99. The molecule has 1 aliphatic rings. The molecule has 0 amide bonds. The van der Waals surface area contributed by atoms with Crippen molar-refractivity contribution in [2.24, 2.45) is 0 Å². The highest BCUT2D eigenvalue weighted by molar-refractivity contribution is 9.28. The van der Waals surface area contributed by atoms with Gasteiger partial charge in [-0.25, -0.2) is 9.59 Å². The number of unbranched alkanes of at least 4 members (excludes halogenated alkanes) is 1. The van der Waals surface area contributed by atoms with Crippen molar-refractivity contribution in [2.75, 3.05) is 6.61 Å². The first-order chi connectivity index (χ1) is 8.54. The molecule has 18 heavy (non-hydrogen) atoms. The van der Waals surface area contributed by atoms with Crippen LogP contribution in [0, 0.1) is 0 Å². The Morgan fingerprint density at radius 2 is 2.17 bits per heavy atom. The average molecular weight is 380 g/mol. The minimum Gasteiger partial charge on any atom is -0.463 e. The Morgan fingerprint density at radius 3 is 2.72 bits per heavy atom. The summed E-state index contributed by atoms with van der Waals surface area (Å²) in [6.45, 7) is 3.63. The van der Waals surface area contributed by atoms with Crippen LogP contribution in [0.25, 0.3) is 0 Å². The standard InChI is InChI=1S/C12H12Br2O4/c1-2-10(15)17-6-4-3-5-8-7-9(11(13)14)18-12(8)16/h2,7H,1,3-6H2. The Kier molecular flexibility index (Phi) is 6.35. The maximum Gasteiger partial charge on any atom is 0.339 e. The van der Waals surface area contributed by atoms with Gasteiger partial charge in [0.1, 0.15) is 3.39 Å². The van der Waals surface area contributed by atoms with Crippen LogP contribution in [-0.4, -0.2) is 18.5 Å². The van der Waals surface area contributed by atoms with E-state index in [1.807, 2.05) is 0 Å². The number of hydrogen-bond donors (Lipinski definition) is 0. The van der Waals surface area contributed by atoms with Gasteiger partial charge in [-0.2, -0.15) is 0 Å². The fraction of sp³-hybridized carbons (Fsp3) is 0.333. The van der Waals surface area contributed by atoms with E-state index in [0.717, 1.165) is 12.5 Å². The van der Waals surface area contributed by atoms with Gasteiger partial charge >= 0.3 is 11.9 Å². The molecule has 0 radical (unpaired) electrons. The minimum atomic E-state index is -0.428. The van der Waals surface area contributed by atoms with Crippen molar-refractivity contribution in [1.29, 1.82) is 0 Å². The Hall–Kier alpha value is -0.880. The lowest BCUT2D eigenvalue weighted by Crippen LogP contribution is -2.03. The molecule has 0 bridgehead atoms. The average Bonchev–Trinajstić information content (AvgIpc) is 2.70. The van der Waals surface area contributed by atoms with Gasteiger partial charge in [-0.1, -0.05) is 6.58 Å². The molecule has 0 saturated carbocycles. The predicted octanol–water partition coefficient (Wildman–Crippen LogP) is 3.33. The van der Waals surface area contributed by atoms with Crippen LogP contribution >= 0.6 is 31.9 Å². The van der Waals surface area contributed by atoms with Crippen LogP contribution in [0.2, 0.25) is 0 Å². The van der Waals surface area contributed by atoms with E-state index in [-0.39, 0.29) is 5.97 Å². The number of ether oxygens (including phenoxy) is 2. The number of carbonyl (C=O) groups excluding carboxylic acids is 2. The molecule has 0 aliphatic carbocycles. The van der Waals surface area contributed by atoms with E-state index >= 15 is 0 Å². The maximum atomic E-state index is 11.4. The molecule has 6 heteroatoms. The fourth-order valence-corrected chi connectivity index (χ4v) is 1.72. The molecule has 0 aromatic carbocycles. The van der Waals surface area contributed by atoms with Crippen molar-refractivity contribution >= 4 is 43.8 Å². The first-order valence-electron chi connectivity index (χ1n) is 5.32. The van der Waals surface area contributed by atoms with E-state index in [1.165, 1.54) is 0 Å². The van der Waals surface area contributed by atoms with Gasteiger partial charge in [-0.15, -0.1) is 0 Å². The van der Waals surface area contributed by atoms with Crippen LogP contribution in [0.3, 0.4) is 0 Å². The zero-order valence-corrected chi connectivity index (χ0v) is 12.8. The van der Waals surface area contributed by atoms with E-state index in [1.54, 1.807) is 6.08 Å². The number of allylic oxidation sites excluding steroid dienone is 1. The lowest BCUT2D eigenvalue weighted by molar-refractivity contribution is -0.138. The summed E-state index contributed by atoms with van der Waals surface area (Å²) in [6.07, 6.45) is 4.86. The van der Waals surface area contributed by atoms with Crippen molar-refractivity contribution in [3.8, 4) is 0 Å². The molecule has 1 rings (SSSR count). The van der Waals surface area contributed by atoms with Crippen LogP contribution in [0.1, 0.15) is 19.3 Å². The lowest BCUT2D eigenvalue weighted by Gasteiger charge is -2.01. The molecule has 0 N–H and O–H groups in total. The lowest BCUT2D eigenvalue weighted by atomic mass is 10.1. The normalized spacial score (nSPS) is 14.0. The first kappa shape index (κ1) is 15.2. The van der Waals surface area contributed by atoms with Gasteiger partial charge in [-0.3, -0.25) is 0 Å². The zero-order chi connectivity index (χ0) is 13.5. The second-order valence-electron chi connectivity index (χ2n) is 3.51. The van der Waals surface area contributed by atoms with Gasteiger partial charge in [-0.05, 0) is 57.2 Å².